The molecule has 1 aromatic rings. The highest BCUT2D eigenvalue weighted by Gasteiger charge is 2.13. The molecule has 0 aromatic carbocycles. The molecule has 5 N–H and O–H groups in total. The van der Waals surface area contributed by atoms with Crippen molar-refractivity contribution < 1.29 is 4.79 Å². The lowest BCUT2D eigenvalue weighted by Gasteiger charge is -2.10. The van der Waals surface area contributed by atoms with Crippen molar-refractivity contribution in [1.82, 2.24) is 10.4 Å². The number of amides is 1. The zero-order chi connectivity index (χ0) is 10.7. The number of carbonyl (C=O) groups excluding carboxylic acids is 1. The number of hydrazine groups is 1. The summed E-state index contributed by atoms with van der Waals surface area (Å²) in [5.74, 6) is 4.81. The van der Waals surface area contributed by atoms with Gasteiger partial charge in [0.1, 0.15) is 0 Å². The summed E-state index contributed by atoms with van der Waals surface area (Å²) in [6.45, 7) is 3.92. The van der Waals surface area contributed by atoms with Gasteiger partial charge < -0.3 is 5.73 Å². The van der Waals surface area contributed by atoms with Crippen molar-refractivity contribution >= 4 is 11.6 Å². The van der Waals surface area contributed by atoms with Gasteiger partial charge in [-0.05, 0) is 12.0 Å². The van der Waals surface area contributed by atoms with Gasteiger partial charge in [0.25, 0.3) is 5.91 Å². The second-order valence-corrected chi connectivity index (χ2v) is 3.29. The quantitative estimate of drug-likeness (QED) is 0.360. The molecule has 1 amide bonds. The van der Waals surface area contributed by atoms with Gasteiger partial charge in [-0.1, -0.05) is 13.8 Å². The summed E-state index contributed by atoms with van der Waals surface area (Å²) in [5, 5.41) is 0. The average molecular weight is 194 g/mol. The number of hydrogen-bond acceptors (Lipinski definition) is 4. The lowest BCUT2D eigenvalue weighted by atomic mass is 10.0. The third-order valence-electron chi connectivity index (χ3n) is 1.94. The molecule has 0 saturated carbocycles. The highest BCUT2D eigenvalue weighted by molar-refractivity contribution is 5.99. The normalized spacial score (nSPS) is 10.3. The molecule has 14 heavy (non-hydrogen) atoms. The largest absolute Gasteiger partial charge is 0.397 e. The number of pyridine rings is 1. The Hall–Kier alpha value is -1.62. The van der Waals surface area contributed by atoms with E-state index in [9.17, 15) is 4.79 Å². The van der Waals surface area contributed by atoms with Crippen LogP contribution in [0.3, 0.4) is 0 Å². The third kappa shape index (κ3) is 1.82. The minimum absolute atomic E-state index is 0.181. The van der Waals surface area contributed by atoms with Gasteiger partial charge in [-0.3, -0.25) is 15.2 Å². The number of anilines is 1. The lowest BCUT2D eigenvalue weighted by molar-refractivity contribution is 0.0954. The Morgan fingerprint density at radius 3 is 2.71 bits per heavy atom. The van der Waals surface area contributed by atoms with Crippen LogP contribution in [0.25, 0.3) is 0 Å². The van der Waals surface area contributed by atoms with Crippen LogP contribution in [-0.4, -0.2) is 10.9 Å². The highest BCUT2D eigenvalue weighted by atomic mass is 16.2. The molecule has 0 aliphatic carbocycles. The fraction of sp³-hybridized carbons (Fsp3) is 0.333. The van der Waals surface area contributed by atoms with Crippen molar-refractivity contribution in [1.29, 1.82) is 0 Å². The smallest absolute Gasteiger partial charge is 0.267 e. The maximum absolute atomic E-state index is 11.3. The summed E-state index contributed by atoms with van der Waals surface area (Å²) in [6, 6.07) is 1.55. The van der Waals surface area contributed by atoms with Gasteiger partial charge in [0.2, 0.25) is 0 Å². The summed E-state index contributed by atoms with van der Waals surface area (Å²) in [6.07, 6.45) is 1.55. The molecule has 0 aliphatic rings. The Bertz CT molecular complexity index is 349. The molecule has 0 bridgehead atoms. The first-order chi connectivity index (χ1) is 6.57. The predicted molar refractivity (Wildman–Crippen MR) is 54.4 cm³/mol. The maximum atomic E-state index is 11.3. The lowest BCUT2D eigenvalue weighted by Crippen LogP contribution is -2.31. The van der Waals surface area contributed by atoms with Crippen molar-refractivity contribution in [2.75, 3.05) is 5.73 Å². The van der Waals surface area contributed by atoms with Crippen molar-refractivity contribution in [2.24, 2.45) is 5.84 Å². The highest BCUT2D eigenvalue weighted by Crippen LogP contribution is 2.22. The molecular formula is C9H14N4O. The van der Waals surface area contributed by atoms with Crippen LogP contribution in [0.4, 0.5) is 5.69 Å². The molecule has 0 aliphatic heterocycles. The van der Waals surface area contributed by atoms with Crippen LogP contribution < -0.4 is 17.0 Å². The molecule has 0 saturated heterocycles. The number of hydrogen-bond donors (Lipinski definition) is 3. The topological polar surface area (TPSA) is 94.0 Å². The first-order valence-corrected chi connectivity index (χ1v) is 4.33. The molecule has 1 aromatic heterocycles. The van der Waals surface area contributed by atoms with Gasteiger partial charge in [0, 0.05) is 6.20 Å². The van der Waals surface area contributed by atoms with Gasteiger partial charge in [0.15, 0.2) is 0 Å². The Morgan fingerprint density at radius 1 is 1.57 bits per heavy atom. The minimum Gasteiger partial charge on any atom is -0.397 e. The van der Waals surface area contributed by atoms with E-state index in [1.807, 2.05) is 19.3 Å². The number of carbonyl (C=O) groups is 1. The van der Waals surface area contributed by atoms with Crippen LogP contribution in [0.1, 0.15) is 35.8 Å². The van der Waals surface area contributed by atoms with E-state index in [1.165, 1.54) is 0 Å². The van der Waals surface area contributed by atoms with Crippen molar-refractivity contribution in [3.8, 4) is 0 Å². The van der Waals surface area contributed by atoms with Crippen molar-refractivity contribution in [3.05, 3.63) is 23.5 Å². The van der Waals surface area contributed by atoms with E-state index in [-0.39, 0.29) is 5.92 Å². The number of nitrogen functional groups attached to an aromatic ring is 2. The van der Waals surface area contributed by atoms with Gasteiger partial charge in [-0.2, -0.15) is 0 Å². The van der Waals surface area contributed by atoms with Crippen molar-refractivity contribution in [2.45, 2.75) is 19.8 Å². The zero-order valence-corrected chi connectivity index (χ0v) is 8.24. The molecule has 1 heterocycles. The third-order valence-corrected chi connectivity index (χ3v) is 1.94. The maximum Gasteiger partial charge on any atom is 0.267 e. The zero-order valence-electron chi connectivity index (χ0n) is 8.24. The van der Waals surface area contributed by atoms with Crippen LogP contribution in [0, 0.1) is 0 Å². The fourth-order valence-electron chi connectivity index (χ4n) is 1.23. The first-order valence-electron chi connectivity index (χ1n) is 4.33. The second-order valence-electron chi connectivity index (χ2n) is 3.29. The Balaban J connectivity index is 3.20. The number of nitrogens with zero attached hydrogens (tertiary/aromatic N) is 1. The van der Waals surface area contributed by atoms with Crippen LogP contribution >= 0.6 is 0 Å². The SMILES string of the molecule is CC(C)c1nccc(C(=O)NN)c1N. The number of aromatic nitrogens is 1. The van der Waals surface area contributed by atoms with Crippen LogP contribution in [0.2, 0.25) is 0 Å². The van der Waals surface area contributed by atoms with E-state index < -0.39 is 5.91 Å². The molecule has 0 radical (unpaired) electrons. The van der Waals surface area contributed by atoms with Crippen LogP contribution in [0.5, 0.6) is 0 Å². The molecule has 1 rings (SSSR count). The van der Waals surface area contributed by atoms with Crippen LogP contribution in [0.15, 0.2) is 12.3 Å². The second kappa shape index (κ2) is 4.06. The monoisotopic (exact) mass is 194 g/mol. The Kier molecular flexibility index (Phi) is 3.03. The summed E-state index contributed by atoms with van der Waals surface area (Å²) in [5.41, 5.74) is 9.30. The molecule has 5 heteroatoms. The Labute approximate surface area is 82.5 Å². The first kappa shape index (κ1) is 10.5. The van der Waals surface area contributed by atoms with E-state index in [1.54, 1.807) is 12.3 Å². The van der Waals surface area contributed by atoms with E-state index in [4.69, 9.17) is 11.6 Å². The predicted octanol–water partition coefficient (Wildman–Crippen LogP) is 0.391. The molecule has 0 fully saturated rings. The van der Waals surface area contributed by atoms with E-state index in [0.29, 0.717) is 16.9 Å². The molecule has 5 nitrogen and oxygen atoms in total. The fourth-order valence-corrected chi connectivity index (χ4v) is 1.23. The number of nitrogens with one attached hydrogen (secondary N) is 1. The standard InChI is InChI=1S/C9H14N4O/c1-5(2)8-7(10)6(3-4-12-8)9(14)13-11/h3-5H,10-11H2,1-2H3,(H,13,14). The Morgan fingerprint density at radius 2 is 2.21 bits per heavy atom. The summed E-state index contributed by atoms with van der Waals surface area (Å²) < 4.78 is 0. The molecule has 0 unspecified atom stereocenters. The van der Waals surface area contributed by atoms with Gasteiger partial charge in [0.05, 0.1) is 16.9 Å². The summed E-state index contributed by atoms with van der Waals surface area (Å²) >= 11 is 0. The van der Waals surface area contributed by atoms with E-state index in [2.05, 4.69) is 4.98 Å². The van der Waals surface area contributed by atoms with Crippen molar-refractivity contribution in [3.63, 3.8) is 0 Å². The summed E-state index contributed by atoms with van der Waals surface area (Å²) in [4.78, 5) is 15.4. The summed E-state index contributed by atoms with van der Waals surface area (Å²) in [7, 11) is 0. The number of nitrogens with two attached hydrogens (primary N) is 2. The average Bonchev–Trinajstić information content (AvgIpc) is 2.16. The molecule has 0 spiro atoms. The van der Waals surface area contributed by atoms with E-state index >= 15 is 0 Å². The van der Waals surface area contributed by atoms with Crippen LogP contribution in [-0.2, 0) is 0 Å². The van der Waals surface area contributed by atoms with Gasteiger partial charge in [-0.15, -0.1) is 0 Å². The molecular weight excluding hydrogens is 180 g/mol. The molecule has 0 atom stereocenters. The number of rotatable bonds is 2. The van der Waals surface area contributed by atoms with Gasteiger partial charge in [-0.25, -0.2) is 5.84 Å². The van der Waals surface area contributed by atoms with E-state index in [0.717, 1.165) is 0 Å². The minimum atomic E-state index is -0.396. The van der Waals surface area contributed by atoms with Gasteiger partial charge >= 0.3 is 0 Å². The molecule has 76 valence electrons.